The van der Waals surface area contributed by atoms with E-state index < -0.39 is 9.84 Å². The first-order chi connectivity index (χ1) is 17.5. The fourth-order valence-corrected chi connectivity index (χ4v) is 6.37. The molecule has 0 spiro atoms. The van der Waals surface area contributed by atoms with Crippen LogP contribution in [0.5, 0.6) is 0 Å². The van der Waals surface area contributed by atoms with E-state index in [2.05, 4.69) is 9.88 Å². The minimum absolute atomic E-state index is 0. The molecule has 2 atom stereocenters. The number of aromatic nitrogens is 1. The van der Waals surface area contributed by atoms with Gasteiger partial charge in [-0.25, -0.2) is 13.2 Å². The van der Waals surface area contributed by atoms with Crippen molar-refractivity contribution in [1.29, 1.82) is 0 Å². The average Bonchev–Trinajstić information content (AvgIpc) is 3.24. The number of carbonyl (C=O) groups excluding carboxylic acids is 1. The van der Waals surface area contributed by atoms with Gasteiger partial charge in [0, 0.05) is 66.7 Å². The Morgan fingerprint density at radius 1 is 0.892 bits per heavy atom. The summed E-state index contributed by atoms with van der Waals surface area (Å²) in [4.78, 5) is 21.7. The van der Waals surface area contributed by atoms with Crippen LogP contribution in [0.4, 0.5) is 10.5 Å². The topological polar surface area (TPSA) is 79.8 Å². The third-order valence-electron chi connectivity index (χ3n) is 7.04. The number of para-hydroxylation sites is 1. The van der Waals surface area contributed by atoms with Crippen LogP contribution in [-0.4, -0.2) is 79.6 Å². The fraction of sp³-hybridized carbons (Fsp3) is 0.214. The van der Waals surface area contributed by atoms with E-state index in [1.807, 2.05) is 48.5 Å². The predicted molar refractivity (Wildman–Crippen MR) is 142 cm³/mol. The molecule has 3 heterocycles. The molecule has 183 valence electrons. The molecule has 4 aromatic rings. The second kappa shape index (κ2) is 10.5. The first-order valence-corrected chi connectivity index (χ1v) is 13.4. The standard InChI is InChI=1S/C28H25N3O4S.Na/c32-28(35-19-20-8-3-1-4-9-20)30-16-22-17-31(26(22)18-30)25-13-7-10-21-14-24(15-29-27(21)25)36(33,34)23-11-5-2-6-12-23;/h1-15,22,26H,16-19H2;. The third-order valence-corrected chi connectivity index (χ3v) is 8.78. The van der Waals surface area contributed by atoms with Crippen LogP contribution in [-0.2, 0) is 21.2 Å². The van der Waals surface area contributed by atoms with Crippen LogP contribution in [0.25, 0.3) is 10.9 Å². The second-order valence-corrected chi connectivity index (χ2v) is 11.2. The molecule has 2 fully saturated rings. The van der Waals surface area contributed by atoms with Crippen LogP contribution in [0.2, 0.25) is 0 Å². The van der Waals surface area contributed by atoms with Crippen LogP contribution >= 0.6 is 0 Å². The zero-order valence-electron chi connectivity index (χ0n) is 20.5. The molecule has 2 unspecified atom stereocenters. The molecule has 6 rings (SSSR count). The van der Waals surface area contributed by atoms with Gasteiger partial charge in [0.25, 0.3) is 0 Å². The molecule has 37 heavy (non-hydrogen) atoms. The monoisotopic (exact) mass is 522 g/mol. The molecule has 7 nitrogen and oxygen atoms in total. The van der Waals surface area contributed by atoms with Crippen molar-refractivity contribution in [3.05, 3.63) is 96.7 Å². The molecule has 0 aliphatic carbocycles. The van der Waals surface area contributed by atoms with Gasteiger partial charge in [-0.1, -0.05) is 60.7 Å². The van der Waals surface area contributed by atoms with Crippen LogP contribution in [0.15, 0.2) is 101 Å². The van der Waals surface area contributed by atoms with Crippen LogP contribution in [0.1, 0.15) is 5.56 Å². The van der Waals surface area contributed by atoms with Crippen molar-refractivity contribution in [2.24, 2.45) is 5.92 Å². The van der Waals surface area contributed by atoms with Gasteiger partial charge in [-0.2, -0.15) is 0 Å². The van der Waals surface area contributed by atoms with E-state index in [9.17, 15) is 13.2 Å². The van der Waals surface area contributed by atoms with Crippen molar-refractivity contribution in [2.45, 2.75) is 22.4 Å². The van der Waals surface area contributed by atoms with Crippen molar-refractivity contribution in [2.75, 3.05) is 24.5 Å². The Labute approximate surface area is 238 Å². The molecule has 2 aliphatic rings. The first-order valence-electron chi connectivity index (χ1n) is 11.9. The van der Waals surface area contributed by atoms with Crippen molar-refractivity contribution in [3.63, 3.8) is 0 Å². The third kappa shape index (κ3) is 4.86. The second-order valence-electron chi connectivity index (χ2n) is 9.26. The normalized spacial score (nSPS) is 18.6. The summed E-state index contributed by atoms with van der Waals surface area (Å²) in [6, 6.07) is 25.7. The number of benzene rings is 3. The van der Waals surface area contributed by atoms with Crippen molar-refractivity contribution >= 4 is 62.1 Å². The number of amides is 1. The SMILES string of the molecule is O=C(OCc1ccccc1)N1CC2CN(c3cccc4cc(S(=O)(=O)c5ccccc5)cnc34)C2C1.[Na]. The number of sulfone groups is 1. The Hall–Kier alpha value is -2.91. The number of pyridine rings is 1. The number of rotatable bonds is 5. The summed E-state index contributed by atoms with van der Waals surface area (Å²) in [7, 11) is -3.65. The number of hydrogen-bond acceptors (Lipinski definition) is 6. The Balaban J connectivity index is 0.00000280. The van der Waals surface area contributed by atoms with E-state index in [0.29, 0.717) is 19.0 Å². The smallest absolute Gasteiger partial charge is 0.410 e. The molecule has 0 N–H and O–H groups in total. The molecular weight excluding hydrogens is 497 g/mol. The van der Waals surface area contributed by atoms with Gasteiger partial charge in [-0.3, -0.25) is 4.98 Å². The molecule has 9 heteroatoms. The number of carbonyl (C=O) groups is 1. The Kier molecular flexibility index (Phi) is 7.27. The molecule has 2 aliphatic heterocycles. The Bertz CT molecular complexity index is 1530. The van der Waals surface area contributed by atoms with Gasteiger partial charge in [0.2, 0.25) is 9.84 Å². The minimum atomic E-state index is -3.65. The van der Waals surface area contributed by atoms with E-state index in [1.165, 1.54) is 6.20 Å². The van der Waals surface area contributed by atoms with Crippen LogP contribution in [0.3, 0.4) is 0 Å². The number of nitrogens with zero attached hydrogens (tertiary/aromatic N) is 3. The summed E-state index contributed by atoms with van der Waals surface area (Å²) in [5.74, 6) is 0.377. The summed E-state index contributed by atoms with van der Waals surface area (Å²) < 4.78 is 31.6. The molecular formula is C28H25N3NaO4S. The van der Waals surface area contributed by atoms with E-state index >= 15 is 0 Å². The van der Waals surface area contributed by atoms with E-state index in [1.54, 1.807) is 41.3 Å². The molecule has 2 saturated heterocycles. The summed E-state index contributed by atoms with van der Waals surface area (Å²) in [5, 5.41) is 0.769. The summed E-state index contributed by atoms with van der Waals surface area (Å²) in [6.45, 7) is 2.34. The van der Waals surface area contributed by atoms with Gasteiger partial charge in [-0.15, -0.1) is 0 Å². The molecule has 0 saturated carbocycles. The molecule has 1 aromatic heterocycles. The maximum atomic E-state index is 13.1. The van der Waals surface area contributed by atoms with Gasteiger partial charge in [0.15, 0.2) is 0 Å². The number of likely N-dealkylation sites (tertiary alicyclic amines) is 1. The zero-order valence-corrected chi connectivity index (χ0v) is 23.3. The van der Waals surface area contributed by atoms with Crippen LogP contribution < -0.4 is 4.90 Å². The Morgan fingerprint density at radius 2 is 1.62 bits per heavy atom. The average molecular weight is 523 g/mol. The summed E-state index contributed by atoms with van der Waals surface area (Å²) in [6.07, 6.45) is 1.15. The summed E-state index contributed by atoms with van der Waals surface area (Å²) >= 11 is 0. The van der Waals surface area contributed by atoms with E-state index in [0.717, 1.165) is 28.7 Å². The zero-order chi connectivity index (χ0) is 24.7. The van der Waals surface area contributed by atoms with E-state index in [4.69, 9.17) is 4.74 Å². The minimum Gasteiger partial charge on any atom is -0.445 e. The van der Waals surface area contributed by atoms with Crippen molar-refractivity contribution in [3.8, 4) is 0 Å². The summed E-state index contributed by atoms with van der Waals surface area (Å²) in [5.41, 5.74) is 2.68. The van der Waals surface area contributed by atoms with Gasteiger partial charge in [0.1, 0.15) is 6.61 Å². The molecule has 3 aromatic carbocycles. The predicted octanol–water partition coefficient (Wildman–Crippen LogP) is 4.14. The van der Waals surface area contributed by atoms with Crippen molar-refractivity contribution in [1.82, 2.24) is 9.88 Å². The maximum absolute atomic E-state index is 13.1. The van der Waals surface area contributed by atoms with Gasteiger partial charge < -0.3 is 14.5 Å². The molecule has 1 radical (unpaired) electrons. The molecule has 0 bridgehead atoms. The van der Waals surface area contributed by atoms with Crippen molar-refractivity contribution < 1.29 is 17.9 Å². The van der Waals surface area contributed by atoms with Gasteiger partial charge in [-0.05, 0) is 29.8 Å². The first kappa shape index (κ1) is 25.7. The fourth-order valence-electron chi connectivity index (χ4n) is 5.11. The quantitative estimate of drug-likeness (QED) is 0.367. The van der Waals surface area contributed by atoms with Gasteiger partial charge >= 0.3 is 6.09 Å². The van der Waals surface area contributed by atoms with E-state index in [-0.39, 0.29) is 58.1 Å². The Morgan fingerprint density at radius 3 is 2.38 bits per heavy atom. The number of ether oxygens (including phenoxy) is 1. The number of anilines is 1. The number of fused-ring (bicyclic) bond motifs is 2. The number of hydrogen-bond donors (Lipinski definition) is 0. The molecule has 1 amide bonds. The van der Waals surface area contributed by atoms with Gasteiger partial charge in [0.05, 0.1) is 27.0 Å². The maximum Gasteiger partial charge on any atom is 0.410 e. The largest absolute Gasteiger partial charge is 0.445 e. The van der Waals surface area contributed by atoms with Crippen LogP contribution in [0, 0.1) is 5.92 Å².